The van der Waals surface area contributed by atoms with Crippen LogP contribution in [-0.2, 0) is 0 Å². The molecule has 0 aliphatic carbocycles. The summed E-state index contributed by atoms with van der Waals surface area (Å²) >= 11 is 0. The van der Waals surface area contributed by atoms with Gasteiger partial charge in [-0.05, 0) is 37.1 Å². The van der Waals surface area contributed by atoms with Gasteiger partial charge in [0.1, 0.15) is 0 Å². The first kappa shape index (κ1) is 14.0. The standard InChI is InChI=1S/C14H14N2O4/c1-9-3-4-12(16(18)19)13(7-9)20-14-8-11(10(2)17)5-6-15-14/h3-8,10,17H,1-2H3/t10-/m1/s1. The Bertz CT molecular complexity index is 641. The zero-order valence-corrected chi connectivity index (χ0v) is 11.1. The maximum absolute atomic E-state index is 11.0. The van der Waals surface area contributed by atoms with Crippen molar-refractivity contribution in [3.05, 3.63) is 57.8 Å². The third kappa shape index (κ3) is 3.10. The van der Waals surface area contributed by atoms with Crippen LogP contribution < -0.4 is 4.74 Å². The highest BCUT2D eigenvalue weighted by Gasteiger charge is 2.16. The number of aryl methyl sites for hydroxylation is 1. The van der Waals surface area contributed by atoms with Crippen LogP contribution in [0.25, 0.3) is 0 Å². The number of benzene rings is 1. The van der Waals surface area contributed by atoms with Gasteiger partial charge >= 0.3 is 5.69 Å². The summed E-state index contributed by atoms with van der Waals surface area (Å²) in [5.41, 5.74) is 1.35. The van der Waals surface area contributed by atoms with Gasteiger partial charge in [0.15, 0.2) is 0 Å². The van der Waals surface area contributed by atoms with Crippen LogP contribution >= 0.6 is 0 Å². The van der Waals surface area contributed by atoms with Gasteiger partial charge in [-0.2, -0.15) is 0 Å². The normalized spacial score (nSPS) is 11.9. The topological polar surface area (TPSA) is 85.5 Å². The third-order valence-electron chi connectivity index (χ3n) is 2.77. The number of rotatable bonds is 4. The fraction of sp³-hybridized carbons (Fsp3) is 0.214. The average Bonchev–Trinajstić information content (AvgIpc) is 2.38. The van der Waals surface area contributed by atoms with E-state index >= 15 is 0 Å². The second-order valence-corrected chi connectivity index (χ2v) is 4.43. The fourth-order valence-electron chi connectivity index (χ4n) is 1.71. The van der Waals surface area contributed by atoms with Crippen molar-refractivity contribution < 1.29 is 14.8 Å². The SMILES string of the molecule is Cc1ccc([N+](=O)[O-])c(Oc2cc([C@@H](C)O)ccn2)c1. The number of nitro groups is 1. The molecular formula is C14H14N2O4. The Morgan fingerprint density at radius 3 is 2.75 bits per heavy atom. The first-order chi connectivity index (χ1) is 9.47. The Morgan fingerprint density at radius 2 is 2.10 bits per heavy atom. The summed E-state index contributed by atoms with van der Waals surface area (Å²) < 4.78 is 5.48. The van der Waals surface area contributed by atoms with Crippen molar-refractivity contribution in [3.63, 3.8) is 0 Å². The van der Waals surface area contributed by atoms with Gasteiger partial charge in [0, 0.05) is 18.3 Å². The molecule has 0 amide bonds. The quantitative estimate of drug-likeness (QED) is 0.683. The van der Waals surface area contributed by atoms with E-state index in [0.29, 0.717) is 5.56 Å². The van der Waals surface area contributed by atoms with E-state index in [9.17, 15) is 15.2 Å². The summed E-state index contributed by atoms with van der Waals surface area (Å²) in [5.74, 6) is 0.336. The van der Waals surface area contributed by atoms with Gasteiger partial charge < -0.3 is 9.84 Å². The van der Waals surface area contributed by atoms with Crippen LogP contribution in [0.3, 0.4) is 0 Å². The predicted molar refractivity (Wildman–Crippen MR) is 72.8 cm³/mol. The molecule has 0 spiro atoms. The number of nitrogens with zero attached hydrogens (tertiary/aromatic N) is 2. The highest BCUT2D eigenvalue weighted by molar-refractivity contribution is 5.49. The number of aromatic nitrogens is 1. The van der Waals surface area contributed by atoms with Crippen molar-refractivity contribution >= 4 is 5.69 Å². The second kappa shape index (κ2) is 5.66. The lowest BCUT2D eigenvalue weighted by Crippen LogP contribution is -1.97. The number of aliphatic hydroxyl groups is 1. The van der Waals surface area contributed by atoms with Crippen molar-refractivity contribution in [2.75, 3.05) is 0 Å². The molecule has 1 heterocycles. The minimum atomic E-state index is -0.659. The van der Waals surface area contributed by atoms with Crippen LogP contribution in [0.2, 0.25) is 0 Å². The van der Waals surface area contributed by atoms with E-state index in [1.54, 1.807) is 31.2 Å². The summed E-state index contributed by atoms with van der Waals surface area (Å²) in [6.07, 6.45) is 0.826. The lowest BCUT2D eigenvalue weighted by Gasteiger charge is -2.09. The molecule has 2 rings (SSSR count). The maximum Gasteiger partial charge on any atom is 0.311 e. The molecule has 2 aromatic rings. The lowest BCUT2D eigenvalue weighted by molar-refractivity contribution is -0.385. The summed E-state index contributed by atoms with van der Waals surface area (Å²) in [5, 5.41) is 20.5. The number of pyridine rings is 1. The maximum atomic E-state index is 11.0. The summed E-state index contributed by atoms with van der Waals surface area (Å²) in [7, 11) is 0. The molecule has 0 aliphatic rings. The number of ether oxygens (including phenoxy) is 1. The lowest BCUT2D eigenvalue weighted by atomic mass is 10.2. The molecule has 6 heteroatoms. The van der Waals surface area contributed by atoms with Crippen LogP contribution in [0.1, 0.15) is 24.2 Å². The van der Waals surface area contributed by atoms with Gasteiger partial charge in [-0.1, -0.05) is 6.07 Å². The smallest absolute Gasteiger partial charge is 0.311 e. The Kier molecular flexibility index (Phi) is 3.95. The van der Waals surface area contributed by atoms with E-state index in [2.05, 4.69) is 4.98 Å². The minimum absolute atomic E-state index is 0.125. The van der Waals surface area contributed by atoms with Crippen molar-refractivity contribution in [3.8, 4) is 11.6 Å². The molecular weight excluding hydrogens is 260 g/mol. The molecule has 0 saturated carbocycles. The number of aliphatic hydroxyl groups excluding tert-OH is 1. The van der Waals surface area contributed by atoms with Crippen LogP contribution in [0, 0.1) is 17.0 Å². The Labute approximate surface area is 115 Å². The highest BCUT2D eigenvalue weighted by Crippen LogP contribution is 2.31. The molecule has 20 heavy (non-hydrogen) atoms. The Balaban J connectivity index is 2.36. The second-order valence-electron chi connectivity index (χ2n) is 4.43. The van der Waals surface area contributed by atoms with E-state index in [1.165, 1.54) is 12.3 Å². The van der Waals surface area contributed by atoms with Crippen LogP contribution in [-0.4, -0.2) is 15.0 Å². The molecule has 6 nitrogen and oxygen atoms in total. The molecule has 0 aliphatic heterocycles. The van der Waals surface area contributed by atoms with Crippen molar-refractivity contribution in [2.45, 2.75) is 20.0 Å². The Hall–Kier alpha value is -2.47. The van der Waals surface area contributed by atoms with Crippen LogP contribution in [0.15, 0.2) is 36.5 Å². The number of nitro benzene ring substituents is 1. The summed E-state index contributed by atoms with van der Waals surface area (Å²) in [6.45, 7) is 3.43. The molecule has 0 fully saturated rings. The van der Waals surface area contributed by atoms with Gasteiger partial charge in [-0.25, -0.2) is 4.98 Å². The third-order valence-corrected chi connectivity index (χ3v) is 2.77. The van der Waals surface area contributed by atoms with E-state index in [0.717, 1.165) is 5.56 Å². The minimum Gasteiger partial charge on any atom is -0.432 e. The van der Waals surface area contributed by atoms with Gasteiger partial charge in [-0.15, -0.1) is 0 Å². The van der Waals surface area contributed by atoms with E-state index in [-0.39, 0.29) is 17.3 Å². The molecule has 0 bridgehead atoms. The first-order valence-corrected chi connectivity index (χ1v) is 6.04. The summed E-state index contributed by atoms with van der Waals surface area (Å²) in [4.78, 5) is 14.4. The van der Waals surface area contributed by atoms with Crippen LogP contribution in [0.5, 0.6) is 11.6 Å². The largest absolute Gasteiger partial charge is 0.432 e. The van der Waals surface area contributed by atoms with E-state index < -0.39 is 11.0 Å². The van der Waals surface area contributed by atoms with E-state index in [4.69, 9.17) is 4.74 Å². The molecule has 1 aromatic heterocycles. The molecule has 0 unspecified atom stereocenters. The molecule has 1 aromatic carbocycles. The van der Waals surface area contributed by atoms with Gasteiger partial charge in [-0.3, -0.25) is 10.1 Å². The highest BCUT2D eigenvalue weighted by atomic mass is 16.6. The van der Waals surface area contributed by atoms with Crippen molar-refractivity contribution in [2.24, 2.45) is 0 Å². The van der Waals surface area contributed by atoms with Gasteiger partial charge in [0.2, 0.25) is 11.6 Å². The first-order valence-electron chi connectivity index (χ1n) is 6.04. The van der Waals surface area contributed by atoms with Crippen LogP contribution in [0.4, 0.5) is 5.69 Å². The molecule has 0 saturated heterocycles. The molecule has 0 radical (unpaired) electrons. The van der Waals surface area contributed by atoms with Crippen molar-refractivity contribution in [1.29, 1.82) is 0 Å². The monoisotopic (exact) mass is 274 g/mol. The molecule has 104 valence electrons. The van der Waals surface area contributed by atoms with Gasteiger partial charge in [0.05, 0.1) is 11.0 Å². The van der Waals surface area contributed by atoms with Crippen molar-refractivity contribution in [1.82, 2.24) is 4.98 Å². The summed E-state index contributed by atoms with van der Waals surface area (Å²) in [6, 6.07) is 7.82. The molecule has 1 N–H and O–H groups in total. The molecule has 1 atom stereocenters. The predicted octanol–water partition coefficient (Wildman–Crippen LogP) is 3.14. The number of hydrogen-bond acceptors (Lipinski definition) is 5. The average molecular weight is 274 g/mol. The Morgan fingerprint density at radius 1 is 1.35 bits per heavy atom. The zero-order chi connectivity index (χ0) is 14.7. The zero-order valence-electron chi connectivity index (χ0n) is 11.1. The van der Waals surface area contributed by atoms with Gasteiger partial charge in [0.25, 0.3) is 0 Å². The fourth-order valence-corrected chi connectivity index (χ4v) is 1.71. The van der Waals surface area contributed by atoms with E-state index in [1.807, 2.05) is 6.92 Å². The number of hydrogen-bond donors (Lipinski definition) is 1.